The van der Waals surface area contributed by atoms with Gasteiger partial charge in [-0.05, 0) is 163 Å². The fourth-order valence-electron chi connectivity index (χ4n) is 10.4. The van der Waals surface area contributed by atoms with Crippen molar-refractivity contribution in [2.75, 3.05) is 39.3 Å². The fraction of sp³-hybridized carbons (Fsp3) is 0.971. The fourth-order valence-corrected chi connectivity index (χ4v) is 10.4. The number of nitrogens with one attached hydrogen (secondary N) is 3. The van der Waals surface area contributed by atoms with Crippen LogP contribution >= 0.6 is 0 Å². The minimum atomic E-state index is -0.733. The van der Waals surface area contributed by atoms with Crippen LogP contribution < -0.4 is 21.7 Å². The average Bonchev–Trinajstić information content (AvgIpc) is 3.32. The molecule has 0 aliphatic heterocycles. The van der Waals surface area contributed by atoms with Gasteiger partial charge in [0, 0.05) is 12.5 Å². The molecule has 8 heteroatoms. The Labute approximate surface area is 255 Å². The monoisotopic (exact) mass is 592 g/mol. The van der Waals surface area contributed by atoms with E-state index in [1.165, 1.54) is 25.7 Å². The van der Waals surface area contributed by atoms with E-state index in [4.69, 9.17) is 5.73 Å². The van der Waals surface area contributed by atoms with Crippen molar-refractivity contribution in [2.45, 2.75) is 122 Å². The van der Waals surface area contributed by atoms with Crippen LogP contribution in [0.2, 0.25) is 0 Å². The summed E-state index contributed by atoms with van der Waals surface area (Å²) in [6, 6.07) is 0.524. The van der Waals surface area contributed by atoms with Gasteiger partial charge in [0.2, 0.25) is 0 Å². The van der Waals surface area contributed by atoms with E-state index in [0.29, 0.717) is 36.1 Å². The van der Waals surface area contributed by atoms with E-state index in [0.717, 1.165) is 84.2 Å². The Bertz CT molecular complexity index is 846. The van der Waals surface area contributed by atoms with E-state index in [1.807, 2.05) is 0 Å². The molecule has 0 bridgehead atoms. The van der Waals surface area contributed by atoms with Crippen molar-refractivity contribution in [3.63, 3.8) is 0 Å². The SMILES string of the molecule is CC(CCC(=O)O)[C@H]1CCC2C3C(O)C[C@@H]4C[C@@H](NCCCNCCCCNCCCN)CC[C@]4(C)C3C[C@H](O)[C@@]21C. The van der Waals surface area contributed by atoms with E-state index in [-0.39, 0.29) is 41.3 Å². The second-order valence-electron chi connectivity index (χ2n) is 15.1. The maximum Gasteiger partial charge on any atom is 0.303 e. The van der Waals surface area contributed by atoms with Crippen LogP contribution in [-0.2, 0) is 4.79 Å². The van der Waals surface area contributed by atoms with Crippen LogP contribution in [0.5, 0.6) is 0 Å². The molecule has 244 valence electrons. The van der Waals surface area contributed by atoms with Gasteiger partial charge in [-0.15, -0.1) is 0 Å². The Balaban J connectivity index is 1.23. The van der Waals surface area contributed by atoms with Gasteiger partial charge in [0.05, 0.1) is 12.2 Å². The first-order valence-corrected chi connectivity index (χ1v) is 17.6. The second kappa shape index (κ2) is 15.5. The minimum absolute atomic E-state index is 0.179. The third-order valence-corrected chi connectivity index (χ3v) is 12.8. The van der Waals surface area contributed by atoms with Crippen molar-refractivity contribution in [1.82, 2.24) is 16.0 Å². The molecule has 0 aromatic rings. The maximum absolute atomic E-state index is 11.8. The zero-order valence-electron chi connectivity index (χ0n) is 27.0. The van der Waals surface area contributed by atoms with Gasteiger partial charge in [0.1, 0.15) is 0 Å². The lowest BCUT2D eigenvalue weighted by atomic mass is 9.43. The standard InChI is InChI=1S/C34H64N4O4/c1-23(8-11-31(41)42)26-9-10-27-32-28(22-30(40)34(26,27)3)33(2)13-12-25(20-24(33)21-29(32)39)38-19-7-18-37-16-5-4-15-36-17-6-14-35/h23-30,32,36-40H,4-22,35H2,1-3H3,(H,41,42)/t23?,24-,25-,26+,27?,28?,29?,30-,32?,33-,34+/m0/s1. The molecule has 4 saturated carbocycles. The quantitative estimate of drug-likeness (QED) is 0.127. The van der Waals surface area contributed by atoms with E-state index >= 15 is 0 Å². The van der Waals surface area contributed by atoms with Crippen molar-refractivity contribution in [3.05, 3.63) is 0 Å². The van der Waals surface area contributed by atoms with Gasteiger partial charge in [0.15, 0.2) is 0 Å². The summed E-state index contributed by atoms with van der Waals surface area (Å²) in [5.74, 6) is 1.32. The molecule has 0 aromatic heterocycles. The number of rotatable bonds is 17. The van der Waals surface area contributed by atoms with Crippen molar-refractivity contribution in [3.8, 4) is 0 Å². The number of unbranched alkanes of at least 4 members (excludes halogenated alkanes) is 1. The predicted octanol–water partition coefficient (Wildman–Crippen LogP) is 3.74. The number of carboxylic acids is 1. The average molecular weight is 593 g/mol. The number of aliphatic hydroxyl groups excluding tert-OH is 2. The number of hydrogen-bond donors (Lipinski definition) is 7. The first kappa shape index (κ1) is 34.1. The van der Waals surface area contributed by atoms with Crippen LogP contribution in [-0.4, -0.2) is 78.8 Å². The molecule has 11 atom stereocenters. The van der Waals surface area contributed by atoms with Crippen LogP contribution in [0.1, 0.15) is 104 Å². The molecule has 4 rings (SSSR count). The molecule has 42 heavy (non-hydrogen) atoms. The van der Waals surface area contributed by atoms with E-state index in [1.54, 1.807) is 0 Å². The Hall–Kier alpha value is -0.770. The van der Waals surface area contributed by atoms with Crippen LogP contribution in [0, 0.1) is 46.3 Å². The summed E-state index contributed by atoms with van der Waals surface area (Å²) in [6.07, 6.45) is 12.1. The Morgan fingerprint density at radius 3 is 2.29 bits per heavy atom. The molecule has 0 amide bonds. The Morgan fingerprint density at radius 2 is 1.60 bits per heavy atom. The predicted molar refractivity (Wildman–Crippen MR) is 169 cm³/mol. The number of aliphatic hydroxyl groups is 2. The lowest BCUT2D eigenvalue weighted by Gasteiger charge is -2.63. The molecule has 8 N–H and O–H groups in total. The number of fused-ring (bicyclic) bond motifs is 5. The molecule has 4 aliphatic rings. The Kier molecular flexibility index (Phi) is 12.6. The molecule has 4 fully saturated rings. The van der Waals surface area contributed by atoms with Gasteiger partial charge in [-0.2, -0.15) is 0 Å². The Morgan fingerprint density at radius 1 is 0.905 bits per heavy atom. The number of aliphatic carboxylic acids is 1. The van der Waals surface area contributed by atoms with Crippen LogP contribution in [0.3, 0.4) is 0 Å². The number of carboxylic acid groups (broad SMARTS) is 1. The summed E-state index contributed by atoms with van der Waals surface area (Å²) in [7, 11) is 0. The summed E-state index contributed by atoms with van der Waals surface area (Å²) in [5, 5.41) is 43.6. The molecule has 0 saturated heterocycles. The van der Waals surface area contributed by atoms with E-state index in [9.17, 15) is 20.1 Å². The van der Waals surface area contributed by atoms with Gasteiger partial charge in [0.25, 0.3) is 0 Å². The summed E-state index contributed by atoms with van der Waals surface area (Å²) >= 11 is 0. The maximum atomic E-state index is 11.8. The molecular formula is C34H64N4O4. The highest BCUT2D eigenvalue weighted by Gasteiger charge is 2.65. The zero-order valence-corrected chi connectivity index (χ0v) is 27.0. The summed E-state index contributed by atoms with van der Waals surface area (Å²) in [4.78, 5) is 11.2. The second-order valence-corrected chi connectivity index (χ2v) is 15.1. The molecule has 0 radical (unpaired) electrons. The third-order valence-electron chi connectivity index (χ3n) is 12.8. The first-order valence-electron chi connectivity index (χ1n) is 17.6. The minimum Gasteiger partial charge on any atom is -0.481 e. The molecule has 0 aromatic carbocycles. The highest BCUT2D eigenvalue weighted by molar-refractivity contribution is 5.66. The highest BCUT2D eigenvalue weighted by atomic mass is 16.4. The van der Waals surface area contributed by atoms with Crippen molar-refractivity contribution >= 4 is 5.97 Å². The number of carbonyl (C=O) groups is 1. The number of nitrogens with two attached hydrogens (primary N) is 1. The lowest BCUT2D eigenvalue weighted by molar-refractivity contribution is -0.202. The lowest BCUT2D eigenvalue weighted by Crippen LogP contribution is -2.62. The smallest absolute Gasteiger partial charge is 0.303 e. The first-order chi connectivity index (χ1) is 20.1. The summed E-state index contributed by atoms with van der Waals surface area (Å²) in [6.45, 7) is 13.0. The van der Waals surface area contributed by atoms with Gasteiger partial charge in [-0.25, -0.2) is 0 Å². The van der Waals surface area contributed by atoms with Crippen LogP contribution in [0.15, 0.2) is 0 Å². The summed E-state index contributed by atoms with van der Waals surface area (Å²) in [5.41, 5.74) is 5.48. The largest absolute Gasteiger partial charge is 0.481 e. The zero-order chi connectivity index (χ0) is 30.3. The van der Waals surface area contributed by atoms with Crippen molar-refractivity contribution in [1.29, 1.82) is 0 Å². The normalized spacial score (nSPS) is 40.2. The van der Waals surface area contributed by atoms with E-state index < -0.39 is 5.97 Å². The van der Waals surface area contributed by atoms with Gasteiger partial charge < -0.3 is 37.0 Å². The molecule has 0 heterocycles. The third kappa shape index (κ3) is 7.54. The van der Waals surface area contributed by atoms with Gasteiger partial charge >= 0.3 is 5.97 Å². The molecule has 4 aliphatic carbocycles. The molecular weight excluding hydrogens is 528 g/mol. The molecule has 8 nitrogen and oxygen atoms in total. The van der Waals surface area contributed by atoms with Crippen molar-refractivity contribution < 1.29 is 20.1 Å². The molecule has 0 spiro atoms. The van der Waals surface area contributed by atoms with E-state index in [2.05, 4.69) is 36.7 Å². The van der Waals surface area contributed by atoms with Gasteiger partial charge in [-0.3, -0.25) is 4.79 Å². The number of hydrogen-bond acceptors (Lipinski definition) is 7. The topological polar surface area (TPSA) is 140 Å². The van der Waals surface area contributed by atoms with Crippen LogP contribution in [0.4, 0.5) is 0 Å². The van der Waals surface area contributed by atoms with Crippen molar-refractivity contribution in [2.24, 2.45) is 52.1 Å². The summed E-state index contributed by atoms with van der Waals surface area (Å²) < 4.78 is 0. The molecule has 5 unspecified atom stereocenters. The highest BCUT2D eigenvalue weighted by Crippen LogP contribution is 2.68. The van der Waals surface area contributed by atoms with Crippen LogP contribution in [0.25, 0.3) is 0 Å². The van der Waals surface area contributed by atoms with Gasteiger partial charge in [-0.1, -0.05) is 20.8 Å².